The Balaban J connectivity index is 1.90. The van der Waals surface area contributed by atoms with Gasteiger partial charge in [-0.25, -0.2) is 0 Å². The molecule has 1 heterocycles. The van der Waals surface area contributed by atoms with Crippen LogP contribution in [0.3, 0.4) is 0 Å². The fourth-order valence-electron chi connectivity index (χ4n) is 6.89. The number of hydrogen-bond donors (Lipinski definition) is 0. The van der Waals surface area contributed by atoms with Gasteiger partial charge in [0.05, 0.1) is 24.2 Å². The first-order chi connectivity index (χ1) is 23.2. The molecule has 2 aromatic rings. The smallest absolute Gasteiger partial charge is 0.311 e. The molecule has 1 aliphatic heterocycles. The summed E-state index contributed by atoms with van der Waals surface area (Å²) >= 11 is 0. The molecule has 0 saturated carbocycles. The molecule has 3 rings (SSSR count). The van der Waals surface area contributed by atoms with Crippen LogP contribution in [0.5, 0.6) is 0 Å². The molecule has 0 N–H and O–H groups in total. The van der Waals surface area contributed by atoms with Crippen molar-refractivity contribution in [2.75, 3.05) is 27.4 Å². The van der Waals surface area contributed by atoms with Gasteiger partial charge in [0.1, 0.15) is 6.10 Å². The zero-order valence-corrected chi connectivity index (χ0v) is 35.6. The van der Waals surface area contributed by atoms with E-state index in [1.807, 2.05) is 20.8 Å². The molecular weight excluding hydrogens is 661 g/mol. The molecule has 0 aliphatic carbocycles. The zero-order chi connectivity index (χ0) is 37.5. The largest absolute Gasteiger partial charge is 0.465 e. The molecular formula is C41H68O7Si2. The van der Waals surface area contributed by atoms with Crippen molar-refractivity contribution in [3.63, 3.8) is 0 Å². The highest BCUT2D eigenvalue weighted by atomic mass is 28.4. The molecule has 6 atom stereocenters. The van der Waals surface area contributed by atoms with Gasteiger partial charge in [-0.05, 0) is 72.6 Å². The van der Waals surface area contributed by atoms with Crippen molar-refractivity contribution in [1.29, 1.82) is 0 Å². The summed E-state index contributed by atoms with van der Waals surface area (Å²) in [4.78, 5) is 12.7. The van der Waals surface area contributed by atoms with E-state index < -0.39 is 22.0 Å². The molecule has 7 nitrogen and oxygen atoms in total. The summed E-state index contributed by atoms with van der Waals surface area (Å²) in [5.74, 6) is 0.181. The van der Waals surface area contributed by atoms with Gasteiger partial charge in [0.15, 0.2) is 14.6 Å². The Bertz CT molecular complexity index is 1270. The molecule has 0 unspecified atom stereocenters. The van der Waals surface area contributed by atoms with Crippen LogP contribution in [0.25, 0.3) is 0 Å². The van der Waals surface area contributed by atoms with Crippen molar-refractivity contribution in [3.05, 3.63) is 60.7 Å². The van der Waals surface area contributed by atoms with Crippen LogP contribution in [0.4, 0.5) is 0 Å². The van der Waals surface area contributed by atoms with E-state index in [0.717, 1.165) is 12.8 Å². The molecule has 50 heavy (non-hydrogen) atoms. The number of carbonyl (C=O) groups excluding carboxylic acids is 1. The van der Waals surface area contributed by atoms with Gasteiger partial charge in [0.2, 0.25) is 0 Å². The fourth-order valence-corrected chi connectivity index (χ4v) is 12.9. The van der Waals surface area contributed by atoms with E-state index in [1.165, 1.54) is 10.4 Å². The summed E-state index contributed by atoms with van der Waals surface area (Å²) in [5.41, 5.74) is -0.575. The summed E-state index contributed by atoms with van der Waals surface area (Å²) in [6.45, 7) is 26.9. The summed E-state index contributed by atoms with van der Waals surface area (Å²) in [6, 6.07) is 21.6. The molecule has 1 aliphatic rings. The highest BCUT2D eigenvalue weighted by molar-refractivity contribution is 6.99. The van der Waals surface area contributed by atoms with E-state index in [0.29, 0.717) is 13.0 Å². The third-order valence-electron chi connectivity index (χ3n) is 10.7. The Kier molecular flexibility index (Phi) is 14.7. The van der Waals surface area contributed by atoms with Gasteiger partial charge < -0.3 is 27.8 Å². The van der Waals surface area contributed by atoms with Crippen LogP contribution in [-0.4, -0.2) is 74.6 Å². The number of benzene rings is 2. The molecule has 0 aromatic heterocycles. The van der Waals surface area contributed by atoms with Crippen molar-refractivity contribution in [2.45, 2.75) is 136 Å². The van der Waals surface area contributed by atoms with Gasteiger partial charge in [-0.2, -0.15) is 0 Å². The maximum Gasteiger partial charge on any atom is 0.311 e. The summed E-state index contributed by atoms with van der Waals surface area (Å²) < 4.78 is 38.9. The van der Waals surface area contributed by atoms with Crippen LogP contribution in [0.15, 0.2) is 60.7 Å². The van der Waals surface area contributed by atoms with Crippen molar-refractivity contribution in [1.82, 2.24) is 0 Å². The predicted octanol–water partition coefficient (Wildman–Crippen LogP) is 8.35. The molecule has 0 radical (unpaired) electrons. The third-order valence-corrected chi connectivity index (χ3v) is 20.2. The lowest BCUT2D eigenvalue weighted by Gasteiger charge is -2.44. The van der Waals surface area contributed by atoms with Crippen molar-refractivity contribution < 1.29 is 32.6 Å². The van der Waals surface area contributed by atoms with Gasteiger partial charge in [0, 0.05) is 33.7 Å². The van der Waals surface area contributed by atoms with Crippen LogP contribution in [-0.2, 0) is 32.6 Å². The van der Waals surface area contributed by atoms with E-state index in [1.54, 1.807) is 14.2 Å². The lowest BCUT2D eigenvalue weighted by atomic mass is 9.86. The monoisotopic (exact) mass is 728 g/mol. The molecule has 0 amide bonds. The van der Waals surface area contributed by atoms with Crippen LogP contribution in [0.2, 0.25) is 23.2 Å². The minimum atomic E-state index is -2.67. The topological polar surface area (TPSA) is 72.5 Å². The lowest BCUT2D eigenvalue weighted by molar-refractivity contribution is -0.168. The number of hydrogen-bond acceptors (Lipinski definition) is 7. The Labute approximate surface area is 306 Å². The number of methoxy groups -OCH3 is 2. The van der Waals surface area contributed by atoms with Crippen molar-refractivity contribution >= 4 is 33.0 Å². The molecule has 0 bridgehead atoms. The third kappa shape index (κ3) is 10.4. The first-order valence-electron chi connectivity index (χ1n) is 18.5. The van der Waals surface area contributed by atoms with E-state index in [-0.39, 0.29) is 59.1 Å². The number of ether oxygens (including phenoxy) is 4. The Morgan fingerprint density at radius 3 is 1.84 bits per heavy atom. The van der Waals surface area contributed by atoms with E-state index in [9.17, 15) is 4.79 Å². The number of esters is 1. The Morgan fingerprint density at radius 2 is 1.40 bits per heavy atom. The highest BCUT2D eigenvalue weighted by Crippen LogP contribution is 2.42. The summed E-state index contributed by atoms with van der Waals surface area (Å²) in [6.07, 6.45) is 0.884. The maximum atomic E-state index is 12.7. The average Bonchev–Trinajstić information content (AvgIpc) is 3.43. The Hall–Kier alpha value is -1.86. The Morgan fingerprint density at radius 1 is 0.860 bits per heavy atom. The lowest BCUT2D eigenvalue weighted by Crippen LogP contribution is -2.66. The molecule has 2 aromatic carbocycles. The fraction of sp³-hybridized carbons (Fsp3) is 0.683. The number of carbonyl (C=O) groups is 1. The number of rotatable bonds is 16. The van der Waals surface area contributed by atoms with Gasteiger partial charge in [0.25, 0.3) is 8.32 Å². The SMILES string of the molecule is CO[C@@H]1C[C@@H](C[C@@H](C)CO[Si](c2ccccc2)(c2ccccc2)C(C)(C)C)[C@@H]([C@@H](OC)[C@@H](CCOC(=O)C(C)(C)C)O[Si](C)(C)C(C)(C)C)O1. The second kappa shape index (κ2) is 17.3. The van der Waals surface area contributed by atoms with E-state index >= 15 is 0 Å². The van der Waals surface area contributed by atoms with E-state index in [2.05, 4.69) is 122 Å². The van der Waals surface area contributed by atoms with E-state index in [4.69, 9.17) is 27.8 Å². The highest BCUT2D eigenvalue weighted by Gasteiger charge is 2.51. The molecule has 9 heteroatoms. The first kappa shape index (κ1) is 42.6. The van der Waals surface area contributed by atoms with Crippen molar-refractivity contribution in [3.8, 4) is 0 Å². The van der Waals surface area contributed by atoms with Crippen molar-refractivity contribution in [2.24, 2.45) is 17.3 Å². The molecule has 1 fully saturated rings. The predicted molar refractivity (Wildman–Crippen MR) is 209 cm³/mol. The van der Waals surface area contributed by atoms with Crippen LogP contribution in [0, 0.1) is 17.3 Å². The standard InChI is InChI=1S/C41H68O7Si2/c1-30(29-46-50(41(8,9)10,32-21-17-15-18-22-32)33-23-19-16-20-24-33)27-31-28-35(43-11)47-36(31)37(44-12)34(48-49(13,14)40(5,6)7)25-26-45-38(42)39(2,3)4/h15-24,30-31,34-37H,25-29H2,1-14H3/t30-,31-,34-,35+,36+,37+/m1/s1. The maximum absolute atomic E-state index is 12.7. The van der Waals surface area contributed by atoms with Gasteiger partial charge >= 0.3 is 5.97 Å². The normalized spacial score (nSPS) is 21.1. The average molecular weight is 729 g/mol. The first-order valence-corrected chi connectivity index (χ1v) is 23.3. The van der Waals surface area contributed by atoms with Crippen LogP contribution >= 0.6 is 0 Å². The zero-order valence-electron chi connectivity index (χ0n) is 33.6. The quantitative estimate of drug-likeness (QED) is 0.127. The molecule has 0 spiro atoms. The minimum Gasteiger partial charge on any atom is -0.465 e. The summed E-state index contributed by atoms with van der Waals surface area (Å²) in [7, 11) is -1.46. The van der Waals surface area contributed by atoms with Crippen LogP contribution < -0.4 is 10.4 Å². The van der Waals surface area contributed by atoms with Gasteiger partial charge in [-0.15, -0.1) is 0 Å². The summed E-state index contributed by atoms with van der Waals surface area (Å²) in [5, 5.41) is 2.46. The second-order valence-corrected chi connectivity index (χ2v) is 26.9. The molecule has 282 valence electrons. The van der Waals surface area contributed by atoms with Gasteiger partial charge in [-0.3, -0.25) is 4.79 Å². The minimum absolute atomic E-state index is 0.0105. The van der Waals surface area contributed by atoms with Crippen LogP contribution in [0.1, 0.15) is 88.5 Å². The second-order valence-electron chi connectivity index (χ2n) is 17.9. The molecule has 1 saturated heterocycles. The van der Waals surface area contributed by atoms with Gasteiger partial charge in [-0.1, -0.05) is 109 Å².